The zero-order valence-electron chi connectivity index (χ0n) is 21.4. The van der Waals surface area contributed by atoms with E-state index in [1.54, 1.807) is 36.3 Å². The zero-order chi connectivity index (χ0) is 26.6. The molecule has 2 heterocycles. The minimum atomic E-state index is -0.257. The number of aliphatic hydroxyl groups is 1. The normalized spacial score (nSPS) is 15.0. The summed E-state index contributed by atoms with van der Waals surface area (Å²) in [6.07, 6.45) is 0. The first-order valence-corrected chi connectivity index (χ1v) is 12.5. The molecule has 38 heavy (non-hydrogen) atoms. The van der Waals surface area contributed by atoms with E-state index < -0.39 is 0 Å². The van der Waals surface area contributed by atoms with Crippen molar-refractivity contribution in [2.75, 3.05) is 24.7 Å². The first kappa shape index (κ1) is 25.2. The monoisotopic (exact) mass is 510 g/mol. The van der Waals surface area contributed by atoms with Gasteiger partial charge in [0.15, 0.2) is 0 Å². The third-order valence-electron chi connectivity index (χ3n) is 6.66. The van der Waals surface area contributed by atoms with Gasteiger partial charge in [-0.15, -0.1) is 5.10 Å². The largest absolute Gasteiger partial charge is 0.395 e. The fourth-order valence-electron chi connectivity index (χ4n) is 4.57. The second-order valence-corrected chi connectivity index (χ2v) is 9.37. The van der Waals surface area contributed by atoms with Crippen molar-refractivity contribution in [3.63, 3.8) is 0 Å². The van der Waals surface area contributed by atoms with E-state index in [0.717, 1.165) is 22.4 Å². The van der Waals surface area contributed by atoms with Crippen molar-refractivity contribution < 1.29 is 9.90 Å². The van der Waals surface area contributed by atoms with E-state index in [2.05, 4.69) is 53.7 Å². The van der Waals surface area contributed by atoms with E-state index in [-0.39, 0.29) is 37.2 Å². The topological polar surface area (TPSA) is 105 Å². The second-order valence-electron chi connectivity index (χ2n) is 9.37. The van der Waals surface area contributed by atoms with E-state index in [0.29, 0.717) is 18.1 Å². The number of anilines is 1. The molecule has 1 amide bonds. The Labute approximate surface area is 220 Å². The van der Waals surface area contributed by atoms with Crippen LogP contribution in [-0.2, 0) is 13.6 Å². The van der Waals surface area contributed by atoms with E-state index in [4.69, 9.17) is 10.2 Å². The van der Waals surface area contributed by atoms with Gasteiger partial charge in [0.2, 0.25) is 5.95 Å². The Hall–Kier alpha value is -4.50. The van der Waals surface area contributed by atoms with Crippen LogP contribution >= 0.6 is 0 Å². The summed E-state index contributed by atoms with van der Waals surface area (Å²) in [6.45, 7) is 2.96. The summed E-state index contributed by atoms with van der Waals surface area (Å²) in [4.78, 5) is 25.2. The second kappa shape index (κ2) is 10.9. The minimum absolute atomic E-state index is 0.0312. The Morgan fingerprint density at radius 3 is 2.42 bits per heavy atom. The molecule has 3 aromatic carbocycles. The maximum absolute atomic E-state index is 13.1. The zero-order valence-corrected chi connectivity index (χ0v) is 21.4. The van der Waals surface area contributed by atoms with Crippen LogP contribution in [0.5, 0.6) is 0 Å². The maximum Gasteiger partial charge on any atom is 0.347 e. The van der Waals surface area contributed by atoms with Crippen LogP contribution in [0.1, 0.15) is 38.5 Å². The van der Waals surface area contributed by atoms with Gasteiger partial charge in [-0.25, -0.2) is 14.5 Å². The molecule has 0 saturated heterocycles. The molecule has 2 N–H and O–H groups in total. The van der Waals surface area contributed by atoms with Crippen molar-refractivity contribution in [3.05, 3.63) is 117 Å². The van der Waals surface area contributed by atoms with Crippen LogP contribution in [0.25, 0.3) is 0 Å². The van der Waals surface area contributed by atoms with Crippen molar-refractivity contribution in [2.24, 2.45) is 12.1 Å². The van der Waals surface area contributed by atoms with Gasteiger partial charge in [0.05, 0.1) is 25.4 Å². The molecule has 194 valence electrons. The molecule has 5 rings (SSSR count). The minimum Gasteiger partial charge on any atom is -0.395 e. The Bertz CT molecular complexity index is 1500. The molecule has 1 aliphatic rings. The summed E-state index contributed by atoms with van der Waals surface area (Å²) in [5, 5.41) is 22.9. The Kier molecular flexibility index (Phi) is 7.19. The molecule has 0 spiro atoms. The van der Waals surface area contributed by atoms with Crippen LogP contribution in [0.2, 0.25) is 0 Å². The predicted molar refractivity (Wildman–Crippen MR) is 147 cm³/mol. The number of hydrogen-bond acceptors (Lipinski definition) is 6. The summed E-state index contributed by atoms with van der Waals surface area (Å²) >= 11 is 0. The summed E-state index contributed by atoms with van der Waals surface area (Å²) < 4.78 is 2.92. The third-order valence-corrected chi connectivity index (χ3v) is 6.66. The standard InChI is InChI=1S/C29H30N6O3/c1-20-8-12-23(13-9-20)26-25(22-6-4-3-5-7-22)19-34(31-26)28-32-35(29(38)33(28)2)18-21-10-14-24(15-11-21)27(37)30-16-17-36/h3-15,25,36H,16-19H2,1-2H3,(H,30,37). The molecule has 1 unspecified atom stereocenters. The number of aliphatic hydroxyl groups excluding tert-OH is 1. The van der Waals surface area contributed by atoms with Gasteiger partial charge in [-0.05, 0) is 35.7 Å². The quantitative estimate of drug-likeness (QED) is 0.379. The van der Waals surface area contributed by atoms with Crippen molar-refractivity contribution in [2.45, 2.75) is 19.4 Å². The first-order chi connectivity index (χ1) is 18.4. The summed E-state index contributed by atoms with van der Waals surface area (Å²) in [6, 6.07) is 25.5. The Morgan fingerprint density at radius 1 is 1.03 bits per heavy atom. The summed E-state index contributed by atoms with van der Waals surface area (Å²) in [5.41, 5.74) is 5.39. The molecule has 1 aromatic heterocycles. The van der Waals surface area contributed by atoms with E-state index in [1.165, 1.54) is 14.8 Å². The molecule has 1 atom stereocenters. The van der Waals surface area contributed by atoms with Crippen molar-refractivity contribution in [1.82, 2.24) is 19.7 Å². The SMILES string of the molecule is Cc1ccc(C2=NN(c3nn(Cc4ccc(C(=O)NCCO)cc4)c(=O)n3C)CC2c2ccccc2)cc1. The number of carbonyl (C=O) groups excluding carboxylic acids is 1. The van der Waals surface area contributed by atoms with Crippen LogP contribution in [0, 0.1) is 6.92 Å². The molecule has 0 aliphatic carbocycles. The highest BCUT2D eigenvalue weighted by Gasteiger charge is 2.32. The smallest absolute Gasteiger partial charge is 0.347 e. The Balaban J connectivity index is 1.42. The van der Waals surface area contributed by atoms with Crippen LogP contribution < -0.4 is 16.0 Å². The average molecular weight is 511 g/mol. The highest BCUT2D eigenvalue weighted by molar-refractivity contribution is 6.07. The predicted octanol–water partition coefficient (Wildman–Crippen LogP) is 2.67. The molecular weight excluding hydrogens is 480 g/mol. The number of amides is 1. The van der Waals surface area contributed by atoms with E-state index in [9.17, 15) is 9.59 Å². The van der Waals surface area contributed by atoms with Gasteiger partial charge in [-0.1, -0.05) is 72.3 Å². The van der Waals surface area contributed by atoms with Gasteiger partial charge in [-0.2, -0.15) is 5.10 Å². The molecule has 4 aromatic rings. The molecule has 0 saturated carbocycles. The number of carbonyl (C=O) groups is 1. The first-order valence-electron chi connectivity index (χ1n) is 12.5. The fourth-order valence-corrected chi connectivity index (χ4v) is 4.57. The highest BCUT2D eigenvalue weighted by Crippen LogP contribution is 2.31. The molecule has 0 fully saturated rings. The van der Waals surface area contributed by atoms with Gasteiger partial charge in [0.1, 0.15) is 0 Å². The lowest BCUT2D eigenvalue weighted by Gasteiger charge is -2.15. The van der Waals surface area contributed by atoms with Gasteiger partial charge >= 0.3 is 5.69 Å². The number of rotatable bonds is 8. The average Bonchev–Trinajstić information content (AvgIpc) is 3.50. The molecule has 0 radical (unpaired) electrons. The number of nitrogens with one attached hydrogen (secondary N) is 1. The van der Waals surface area contributed by atoms with Crippen molar-refractivity contribution in [1.29, 1.82) is 0 Å². The van der Waals surface area contributed by atoms with Gasteiger partial charge in [0.25, 0.3) is 5.91 Å². The fraction of sp³-hybridized carbons (Fsp3) is 0.241. The third kappa shape index (κ3) is 5.14. The summed E-state index contributed by atoms with van der Waals surface area (Å²) in [5.74, 6) is 0.244. The van der Waals surface area contributed by atoms with Gasteiger partial charge in [-0.3, -0.25) is 9.36 Å². The molecular formula is C29H30N6O3. The molecule has 9 heteroatoms. The Morgan fingerprint density at radius 2 is 1.74 bits per heavy atom. The van der Waals surface area contributed by atoms with Gasteiger partial charge < -0.3 is 10.4 Å². The van der Waals surface area contributed by atoms with Crippen LogP contribution in [-0.4, -0.2) is 50.8 Å². The number of benzene rings is 3. The maximum atomic E-state index is 13.1. The lowest BCUT2D eigenvalue weighted by molar-refractivity contribution is 0.0944. The van der Waals surface area contributed by atoms with Crippen molar-refractivity contribution in [3.8, 4) is 0 Å². The van der Waals surface area contributed by atoms with Gasteiger partial charge in [0, 0.05) is 25.1 Å². The van der Waals surface area contributed by atoms with Crippen molar-refractivity contribution >= 4 is 17.6 Å². The van der Waals surface area contributed by atoms with Crippen LogP contribution in [0.3, 0.4) is 0 Å². The van der Waals surface area contributed by atoms with Crippen LogP contribution in [0.4, 0.5) is 5.95 Å². The van der Waals surface area contributed by atoms with Crippen LogP contribution in [0.15, 0.2) is 88.8 Å². The van der Waals surface area contributed by atoms with E-state index in [1.807, 2.05) is 18.2 Å². The molecule has 0 bridgehead atoms. The number of aryl methyl sites for hydroxylation is 1. The number of hydrazone groups is 1. The molecule has 9 nitrogen and oxygen atoms in total. The summed E-state index contributed by atoms with van der Waals surface area (Å²) in [7, 11) is 1.70. The number of nitrogens with zero attached hydrogens (tertiary/aromatic N) is 5. The molecule has 1 aliphatic heterocycles. The lowest BCUT2D eigenvalue weighted by atomic mass is 9.90. The lowest BCUT2D eigenvalue weighted by Crippen LogP contribution is -2.26. The van der Waals surface area contributed by atoms with E-state index >= 15 is 0 Å². The highest BCUT2D eigenvalue weighted by atomic mass is 16.3. The number of aromatic nitrogens is 3. The number of hydrogen-bond donors (Lipinski definition) is 2.